The van der Waals surface area contributed by atoms with Gasteiger partial charge in [0.15, 0.2) is 0 Å². The highest BCUT2D eigenvalue weighted by Gasteiger charge is 2.30. The zero-order valence-electron chi connectivity index (χ0n) is 9.69. The molecule has 1 aliphatic rings. The Balaban J connectivity index is 1.96. The van der Waals surface area contributed by atoms with E-state index in [1.54, 1.807) is 7.11 Å². The standard InChI is InChI=1S/C13H17NO2/c1-9(14-13(15)11-3-4-11)10-5-7-12(16-2)8-6-10/h5-9,11H,3-4H2,1-2H3,(H,14,15)/t9-/m0/s1. The molecule has 0 bridgehead atoms. The zero-order valence-corrected chi connectivity index (χ0v) is 9.69. The summed E-state index contributed by atoms with van der Waals surface area (Å²) in [7, 11) is 1.65. The van der Waals surface area contributed by atoms with Crippen molar-refractivity contribution in [1.29, 1.82) is 0 Å². The van der Waals surface area contributed by atoms with Crippen LogP contribution >= 0.6 is 0 Å². The fourth-order valence-electron chi connectivity index (χ4n) is 1.65. The van der Waals surface area contributed by atoms with Crippen LogP contribution in [0.5, 0.6) is 5.75 Å². The molecule has 1 saturated carbocycles. The van der Waals surface area contributed by atoms with Gasteiger partial charge in [0.25, 0.3) is 0 Å². The lowest BCUT2D eigenvalue weighted by Crippen LogP contribution is -2.27. The van der Waals surface area contributed by atoms with Crippen LogP contribution in [0.25, 0.3) is 0 Å². The van der Waals surface area contributed by atoms with Gasteiger partial charge >= 0.3 is 0 Å². The molecule has 0 spiro atoms. The van der Waals surface area contributed by atoms with Crippen LogP contribution in [0.3, 0.4) is 0 Å². The van der Waals surface area contributed by atoms with Crippen molar-refractivity contribution in [3.8, 4) is 5.75 Å². The van der Waals surface area contributed by atoms with Gasteiger partial charge in [0.05, 0.1) is 13.2 Å². The number of hydrogen-bond donors (Lipinski definition) is 1. The van der Waals surface area contributed by atoms with Gasteiger partial charge in [0.2, 0.25) is 5.91 Å². The van der Waals surface area contributed by atoms with E-state index in [1.807, 2.05) is 31.2 Å². The lowest BCUT2D eigenvalue weighted by molar-refractivity contribution is -0.122. The highest BCUT2D eigenvalue weighted by molar-refractivity contribution is 5.81. The molecule has 1 fully saturated rings. The van der Waals surface area contributed by atoms with Crippen LogP contribution in [-0.4, -0.2) is 13.0 Å². The quantitative estimate of drug-likeness (QED) is 0.843. The summed E-state index contributed by atoms with van der Waals surface area (Å²) in [6, 6.07) is 7.86. The van der Waals surface area contributed by atoms with Gasteiger partial charge in [0.1, 0.15) is 5.75 Å². The maximum Gasteiger partial charge on any atom is 0.223 e. The molecule has 3 nitrogen and oxygen atoms in total. The molecule has 86 valence electrons. The van der Waals surface area contributed by atoms with Crippen molar-refractivity contribution in [3.63, 3.8) is 0 Å². The molecule has 0 radical (unpaired) electrons. The van der Waals surface area contributed by atoms with Crippen molar-refractivity contribution >= 4 is 5.91 Å². The second-order valence-electron chi connectivity index (χ2n) is 4.28. The zero-order chi connectivity index (χ0) is 11.5. The summed E-state index contributed by atoms with van der Waals surface area (Å²) < 4.78 is 5.09. The minimum Gasteiger partial charge on any atom is -0.497 e. The number of ether oxygens (including phenoxy) is 1. The maximum absolute atomic E-state index is 11.6. The Labute approximate surface area is 95.8 Å². The van der Waals surface area contributed by atoms with Gasteiger partial charge in [-0.1, -0.05) is 12.1 Å². The Bertz CT molecular complexity index is 368. The van der Waals surface area contributed by atoms with Crippen LogP contribution in [0.4, 0.5) is 0 Å². The molecule has 0 unspecified atom stereocenters. The number of amides is 1. The summed E-state index contributed by atoms with van der Waals surface area (Å²) in [5.74, 6) is 1.29. The molecule has 1 N–H and O–H groups in total. The third-order valence-electron chi connectivity index (χ3n) is 2.92. The van der Waals surface area contributed by atoms with Crippen molar-refractivity contribution in [1.82, 2.24) is 5.32 Å². The van der Waals surface area contributed by atoms with Crippen LogP contribution in [0.15, 0.2) is 24.3 Å². The van der Waals surface area contributed by atoms with Crippen molar-refractivity contribution in [2.45, 2.75) is 25.8 Å². The third kappa shape index (κ3) is 2.54. The van der Waals surface area contributed by atoms with Gasteiger partial charge in [-0.2, -0.15) is 0 Å². The first-order valence-corrected chi connectivity index (χ1v) is 5.65. The summed E-state index contributed by atoms with van der Waals surface area (Å²) in [6.45, 7) is 2.00. The molecule has 2 rings (SSSR count). The van der Waals surface area contributed by atoms with Gasteiger partial charge in [-0.05, 0) is 37.5 Å². The van der Waals surface area contributed by atoms with Gasteiger partial charge in [-0.15, -0.1) is 0 Å². The monoisotopic (exact) mass is 219 g/mol. The highest BCUT2D eigenvalue weighted by Crippen LogP contribution is 2.29. The first kappa shape index (κ1) is 11.0. The van der Waals surface area contributed by atoms with E-state index in [0.29, 0.717) is 0 Å². The van der Waals surface area contributed by atoms with Gasteiger partial charge in [0, 0.05) is 5.92 Å². The van der Waals surface area contributed by atoms with Crippen LogP contribution in [0.1, 0.15) is 31.4 Å². The van der Waals surface area contributed by atoms with Gasteiger partial charge in [-0.3, -0.25) is 4.79 Å². The Morgan fingerprint density at radius 2 is 2.00 bits per heavy atom. The van der Waals surface area contributed by atoms with E-state index in [4.69, 9.17) is 4.74 Å². The Morgan fingerprint density at radius 1 is 1.38 bits per heavy atom. The topological polar surface area (TPSA) is 38.3 Å². The predicted octanol–water partition coefficient (Wildman–Crippen LogP) is 2.28. The van der Waals surface area contributed by atoms with E-state index in [1.165, 1.54) is 0 Å². The molecule has 3 heteroatoms. The second-order valence-corrected chi connectivity index (χ2v) is 4.28. The molecule has 0 aliphatic heterocycles. The molecule has 1 aromatic carbocycles. The SMILES string of the molecule is COc1ccc([C@H](C)NC(=O)C2CC2)cc1. The van der Waals surface area contributed by atoms with Gasteiger partial charge in [-0.25, -0.2) is 0 Å². The molecule has 0 saturated heterocycles. The summed E-state index contributed by atoms with van der Waals surface area (Å²) >= 11 is 0. The lowest BCUT2D eigenvalue weighted by atomic mass is 10.1. The molecule has 1 aromatic rings. The molecular weight excluding hydrogens is 202 g/mol. The Morgan fingerprint density at radius 3 is 2.50 bits per heavy atom. The number of methoxy groups -OCH3 is 1. The average Bonchev–Trinajstić information content (AvgIpc) is 3.13. The molecule has 0 heterocycles. The average molecular weight is 219 g/mol. The maximum atomic E-state index is 11.6. The van der Waals surface area contributed by atoms with Gasteiger partial charge < -0.3 is 10.1 Å². The number of hydrogen-bond acceptors (Lipinski definition) is 2. The van der Waals surface area contributed by atoms with E-state index in [0.717, 1.165) is 24.2 Å². The largest absolute Gasteiger partial charge is 0.497 e. The van der Waals surface area contributed by atoms with Crippen molar-refractivity contribution in [3.05, 3.63) is 29.8 Å². The normalized spacial score (nSPS) is 16.6. The molecule has 0 aromatic heterocycles. The third-order valence-corrected chi connectivity index (χ3v) is 2.92. The number of carbonyl (C=O) groups excluding carboxylic acids is 1. The molecular formula is C13H17NO2. The first-order valence-electron chi connectivity index (χ1n) is 5.65. The van der Waals surface area contributed by atoms with E-state index in [2.05, 4.69) is 5.32 Å². The lowest BCUT2D eigenvalue weighted by Gasteiger charge is -2.14. The fraction of sp³-hybridized carbons (Fsp3) is 0.462. The minimum atomic E-state index is 0.0685. The number of benzene rings is 1. The highest BCUT2D eigenvalue weighted by atomic mass is 16.5. The Kier molecular flexibility index (Phi) is 3.13. The van der Waals surface area contributed by atoms with Crippen LogP contribution in [0.2, 0.25) is 0 Å². The van der Waals surface area contributed by atoms with E-state index in [9.17, 15) is 4.79 Å². The number of nitrogens with one attached hydrogen (secondary N) is 1. The van der Waals surface area contributed by atoms with Crippen molar-refractivity contribution in [2.24, 2.45) is 5.92 Å². The molecule has 1 atom stereocenters. The van der Waals surface area contributed by atoms with Crippen LogP contribution in [0, 0.1) is 5.92 Å². The van der Waals surface area contributed by atoms with Crippen LogP contribution in [-0.2, 0) is 4.79 Å². The van der Waals surface area contributed by atoms with E-state index >= 15 is 0 Å². The number of carbonyl (C=O) groups is 1. The summed E-state index contributed by atoms with van der Waals surface area (Å²) in [5.41, 5.74) is 1.11. The fourth-order valence-corrected chi connectivity index (χ4v) is 1.65. The smallest absolute Gasteiger partial charge is 0.223 e. The van der Waals surface area contributed by atoms with E-state index < -0.39 is 0 Å². The first-order chi connectivity index (χ1) is 7.70. The molecule has 1 aliphatic carbocycles. The summed E-state index contributed by atoms with van der Waals surface area (Å²) in [6.07, 6.45) is 2.09. The Hall–Kier alpha value is -1.51. The van der Waals surface area contributed by atoms with Crippen molar-refractivity contribution in [2.75, 3.05) is 7.11 Å². The van der Waals surface area contributed by atoms with Crippen LogP contribution < -0.4 is 10.1 Å². The molecule has 1 amide bonds. The minimum absolute atomic E-state index is 0.0685. The number of rotatable bonds is 4. The molecule has 16 heavy (non-hydrogen) atoms. The summed E-state index contributed by atoms with van der Waals surface area (Å²) in [5, 5.41) is 3.02. The summed E-state index contributed by atoms with van der Waals surface area (Å²) in [4.78, 5) is 11.6. The predicted molar refractivity (Wildman–Crippen MR) is 62.3 cm³/mol. The van der Waals surface area contributed by atoms with E-state index in [-0.39, 0.29) is 17.9 Å². The second kappa shape index (κ2) is 4.56. The van der Waals surface area contributed by atoms with Crippen molar-refractivity contribution < 1.29 is 9.53 Å².